The second-order valence-electron chi connectivity index (χ2n) is 3.12. The van der Waals surface area contributed by atoms with Crippen molar-refractivity contribution in [2.24, 2.45) is 0 Å². The lowest BCUT2D eigenvalue weighted by molar-refractivity contribution is -0.147. The van der Waals surface area contributed by atoms with Gasteiger partial charge in [-0.3, -0.25) is 9.59 Å². The van der Waals surface area contributed by atoms with Gasteiger partial charge in [0.25, 0.3) is 0 Å². The van der Waals surface area contributed by atoms with Crippen LogP contribution < -0.4 is 0 Å². The molecule has 1 rings (SSSR count). The number of ether oxygens (including phenoxy) is 1. The summed E-state index contributed by atoms with van der Waals surface area (Å²) >= 11 is 4.54. The van der Waals surface area contributed by atoms with Crippen LogP contribution in [0.15, 0.2) is 33.6 Å². The summed E-state index contributed by atoms with van der Waals surface area (Å²) in [7, 11) is 0. The molecule has 0 amide bonds. The Kier molecular flexibility index (Phi) is 5.02. The number of hydrogen-bond donors (Lipinski definition) is 0. The van der Waals surface area contributed by atoms with E-state index >= 15 is 0 Å². The first-order chi connectivity index (χ1) is 7.49. The van der Waals surface area contributed by atoms with E-state index < -0.39 is 11.4 Å². The van der Waals surface area contributed by atoms with Crippen LogP contribution in [0, 0.1) is 0 Å². The summed E-state index contributed by atoms with van der Waals surface area (Å²) in [4.78, 5) is 22.9. The topological polar surface area (TPSA) is 43.4 Å². The van der Waals surface area contributed by atoms with Gasteiger partial charge in [0.2, 0.25) is 5.44 Å². The van der Waals surface area contributed by atoms with Gasteiger partial charge in [0.05, 0.1) is 0 Å². The fourth-order valence-electron chi connectivity index (χ4n) is 0.978. The molecule has 1 atom stereocenters. The van der Waals surface area contributed by atoms with Crippen molar-refractivity contribution in [3.05, 3.63) is 28.7 Å². The lowest BCUT2D eigenvalue weighted by Crippen LogP contribution is -2.20. The van der Waals surface area contributed by atoms with Crippen LogP contribution in [0.25, 0.3) is 0 Å². The Labute approximate surface area is 107 Å². The minimum absolute atomic E-state index is 0.178. The summed E-state index contributed by atoms with van der Waals surface area (Å²) < 4.78 is 5.87. The Morgan fingerprint density at radius 2 is 1.81 bits per heavy atom. The zero-order chi connectivity index (χ0) is 12.1. The molecule has 0 radical (unpaired) electrons. The van der Waals surface area contributed by atoms with Crippen LogP contribution in [0.3, 0.4) is 0 Å². The highest BCUT2D eigenvalue weighted by Crippen LogP contribution is 2.26. The molecule has 0 aliphatic rings. The molecule has 16 heavy (non-hydrogen) atoms. The van der Waals surface area contributed by atoms with Gasteiger partial charge < -0.3 is 4.74 Å². The van der Waals surface area contributed by atoms with Crippen LogP contribution in [0.1, 0.15) is 13.8 Å². The van der Waals surface area contributed by atoms with Crippen LogP contribution in [-0.4, -0.2) is 17.2 Å². The Morgan fingerprint density at radius 3 is 2.25 bits per heavy atom. The molecule has 0 aliphatic carbocycles. The molecule has 3 nitrogen and oxygen atoms in total. The summed E-state index contributed by atoms with van der Waals surface area (Å²) in [6, 6.07) is 7.45. The van der Waals surface area contributed by atoms with Gasteiger partial charge >= 0.3 is 5.97 Å². The minimum atomic E-state index is -0.765. The molecule has 0 aromatic heterocycles. The lowest BCUT2D eigenvalue weighted by Gasteiger charge is -2.13. The van der Waals surface area contributed by atoms with Crippen LogP contribution in [0.4, 0.5) is 0 Å². The summed E-state index contributed by atoms with van der Waals surface area (Å²) in [6.45, 7) is 2.69. The van der Waals surface area contributed by atoms with E-state index in [-0.39, 0.29) is 5.78 Å². The summed E-state index contributed by atoms with van der Waals surface area (Å²) in [5.41, 5.74) is -0.765. The number of carbonyl (C=O) groups is 2. The molecule has 5 heteroatoms. The quantitative estimate of drug-likeness (QED) is 0.487. The standard InChI is InChI=1S/C11H11BrO3S/c1-7(13)11(15-8(2)14)16-10-5-3-9(12)4-6-10/h3-6,11H,1-2H3. The van der Waals surface area contributed by atoms with E-state index in [0.29, 0.717) is 0 Å². The number of benzene rings is 1. The molecule has 0 heterocycles. The van der Waals surface area contributed by atoms with E-state index in [2.05, 4.69) is 15.9 Å². The number of carbonyl (C=O) groups excluding carboxylic acids is 2. The molecule has 0 spiro atoms. The fraction of sp³-hybridized carbons (Fsp3) is 0.273. The van der Waals surface area contributed by atoms with Crippen molar-refractivity contribution < 1.29 is 14.3 Å². The first-order valence-corrected chi connectivity index (χ1v) is 6.26. The van der Waals surface area contributed by atoms with Crippen molar-refractivity contribution in [1.29, 1.82) is 0 Å². The molecule has 1 unspecified atom stereocenters. The molecule has 1 aromatic rings. The van der Waals surface area contributed by atoms with Crippen molar-refractivity contribution in [1.82, 2.24) is 0 Å². The maximum atomic E-state index is 11.2. The van der Waals surface area contributed by atoms with E-state index in [9.17, 15) is 9.59 Å². The smallest absolute Gasteiger partial charge is 0.304 e. The van der Waals surface area contributed by atoms with Crippen LogP contribution >= 0.6 is 27.7 Å². The maximum Gasteiger partial charge on any atom is 0.304 e. The Balaban J connectivity index is 2.71. The number of thioether (sulfide) groups is 1. The zero-order valence-electron chi connectivity index (χ0n) is 8.90. The SMILES string of the molecule is CC(=O)OC(Sc1ccc(Br)cc1)C(C)=O. The van der Waals surface area contributed by atoms with Gasteiger partial charge in [-0.25, -0.2) is 0 Å². The second kappa shape index (κ2) is 6.06. The third kappa shape index (κ3) is 4.37. The highest BCUT2D eigenvalue weighted by Gasteiger charge is 2.18. The van der Waals surface area contributed by atoms with E-state index in [1.165, 1.54) is 25.6 Å². The normalized spacial score (nSPS) is 11.9. The van der Waals surface area contributed by atoms with Gasteiger partial charge in [0.15, 0.2) is 5.78 Å². The van der Waals surface area contributed by atoms with Gasteiger partial charge in [-0.1, -0.05) is 27.7 Å². The van der Waals surface area contributed by atoms with Crippen molar-refractivity contribution in [3.8, 4) is 0 Å². The predicted octanol–water partition coefficient (Wildman–Crippen LogP) is 3.02. The molecule has 0 N–H and O–H groups in total. The maximum absolute atomic E-state index is 11.2. The Hall–Kier alpha value is -0.810. The number of rotatable bonds is 4. The third-order valence-corrected chi connectivity index (χ3v) is 3.38. The number of hydrogen-bond acceptors (Lipinski definition) is 4. The predicted molar refractivity (Wildman–Crippen MR) is 66.2 cm³/mol. The number of ketones is 1. The van der Waals surface area contributed by atoms with Crippen LogP contribution in [0.2, 0.25) is 0 Å². The van der Waals surface area contributed by atoms with Gasteiger partial charge in [-0.2, -0.15) is 0 Å². The third-order valence-electron chi connectivity index (χ3n) is 1.66. The molecule has 0 saturated carbocycles. The molecule has 0 bridgehead atoms. The molecule has 86 valence electrons. The Morgan fingerprint density at radius 1 is 1.25 bits per heavy atom. The molecular weight excluding hydrogens is 292 g/mol. The van der Waals surface area contributed by atoms with Crippen molar-refractivity contribution in [2.75, 3.05) is 0 Å². The first-order valence-electron chi connectivity index (χ1n) is 4.59. The van der Waals surface area contributed by atoms with E-state index in [4.69, 9.17) is 4.74 Å². The monoisotopic (exact) mass is 302 g/mol. The number of Topliss-reactive ketones (excluding diaryl/α,β-unsaturated/α-hetero) is 1. The minimum Gasteiger partial charge on any atom is -0.443 e. The van der Waals surface area contributed by atoms with Gasteiger partial charge in [0.1, 0.15) is 0 Å². The molecular formula is C11H11BrO3S. The average molecular weight is 303 g/mol. The Bertz CT molecular complexity index is 389. The largest absolute Gasteiger partial charge is 0.443 e. The van der Waals surface area contributed by atoms with Gasteiger partial charge in [-0.15, -0.1) is 0 Å². The average Bonchev–Trinajstić information content (AvgIpc) is 2.19. The number of esters is 1. The van der Waals surface area contributed by atoms with E-state index in [1.54, 1.807) is 0 Å². The van der Waals surface area contributed by atoms with Crippen molar-refractivity contribution in [2.45, 2.75) is 24.2 Å². The van der Waals surface area contributed by atoms with Crippen molar-refractivity contribution >= 4 is 39.4 Å². The molecule has 0 fully saturated rings. The summed E-state index contributed by atoms with van der Waals surface area (Å²) in [6.07, 6.45) is 0. The number of halogens is 1. The highest BCUT2D eigenvalue weighted by atomic mass is 79.9. The second-order valence-corrected chi connectivity index (χ2v) is 5.17. The zero-order valence-corrected chi connectivity index (χ0v) is 11.3. The van der Waals surface area contributed by atoms with Gasteiger partial charge in [-0.05, 0) is 31.2 Å². The van der Waals surface area contributed by atoms with E-state index in [0.717, 1.165) is 9.37 Å². The van der Waals surface area contributed by atoms with Crippen molar-refractivity contribution in [3.63, 3.8) is 0 Å². The van der Waals surface area contributed by atoms with Crippen LogP contribution in [-0.2, 0) is 14.3 Å². The molecule has 0 aliphatic heterocycles. The molecule has 1 aromatic carbocycles. The molecule has 0 saturated heterocycles. The highest BCUT2D eigenvalue weighted by molar-refractivity contribution is 9.10. The van der Waals surface area contributed by atoms with Gasteiger partial charge in [0, 0.05) is 16.3 Å². The first kappa shape index (κ1) is 13.3. The lowest BCUT2D eigenvalue weighted by atomic mass is 10.4. The van der Waals surface area contributed by atoms with Crippen LogP contribution in [0.5, 0.6) is 0 Å². The fourth-order valence-corrected chi connectivity index (χ4v) is 2.13. The van der Waals surface area contributed by atoms with E-state index in [1.807, 2.05) is 24.3 Å². The summed E-state index contributed by atoms with van der Waals surface area (Å²) in [5, 5.41) is 0. The summed E-state index contributed by atoms with van der Waals surface area (Å²) in [5.74, 6) is -0.632.